The lowest BCUT2D eigenvalue weighted by molar-refractivity contribution is -0.118. The molecule has 0 aliphatic heterocycles. The average molecular weight is 428 g/mol. The number of anilines is 1. The third-order valence-corrected chi connectivity index (χ3v) is 4.83. The normalized spacial score (nSPS) is 10.7. The topological polar surface area (TPSA) is 56.1 Å². The summed E-state index contributed by atoms with van der Waals surface area (Å²) in [6.07, 6.45) is 0. The number of amides is 1. The largest absolute Gasteiger partial charge is 0.483 e. The van der Waals surface area contributed by atoms with Gasteiger partial charge in [0.1, 0.15) is 11.6 Å². The zero-order chi connectivity index (χ0) is 19.6. The first-order valence-electron chi connectivity index (χ1n) is 8.64. The van der Waals surface area contributed by atoms with Crippen molar-refractivity contribution >= 4 is 27.7 Å². The third kappa shape index (κ3) is 4.39. The molecule has 0 atom stereocenters. The first-order valence-corrected chi connectivity index (χ1v) is 9.44. The number of halogens is 1. The molecule has 1 N–H and O–H groups in total. The number of ether oxygens (including phenoxy) is 1. The molecule has 5 nitrogen and oxygen atoms in total. The Labute approximate surface area is 167 Å². The predicted molar refractivity (Wildman–Crippen MR) is 111 cm³/mol. The van der Waals surface area contributed by atoms with Crippen LogP contribution in [0.1, 0.15) is 16.8 Å². The predicted octanol–water partition coefficient (Wildman–Crippen LogP) is 4.79. The van der Waals surface area contributed by atoms with Gasteiger partial charge in [-0.3, -0.25) is 9.48 Å². The van der Waals surface area contributed by atoms with Crippen LogP contribution < -0.4 is 10.1 Å². The van der Waals surface area contributed by atoms with Crippen molar-refractivity contribution in [2.24, 2.45) is 7.05 Å². The molecule has 0 radical (unpaired) electrons. The number of aryl methyl sites for hydroxylation is 4. The minimum absolute atomic E-state index is 0.0616. The first kappa shape index (κ1) is 19.2. The van der Waals surface area contributed by atoms with E-state index in [0.29, 0.717) is 11.6 Å². The number of nitrogens with zero attached hydrogens (tertiary/aromatic N) is 2. The second-order valence-electron chi connectivity index (χ2n) is 6.55. The molecule has 2 aromatic carbocycles. The highest BCUT2D eigenvalue weighted by molar-refractivity contribution is 9.10. The Bertz CT molecular complexity index is 978. The van der Waals surface area contributed by atoms with Crippen molar-refractivity contribution in [3.63, 3.8) is 0 Å². The van der Waals surface area contributed by atoms with Crippen LogP contribution in [0.3, 0.4) is 0 Å². The monoisotopic (exact) mass is 427 g/mol. The van der Waals surface area contributed by atoms with Crippen LogP contribution in [0.25, 0.3) is 11.1 Å². The van der Waals surface area contributed by atoms with E-state index in [2.05, 4.69) is 26.3 Å². The molecule has 0 saturated heterocycles. The Hall–Kier alpha value is -2.60. The number of carbonyl (C=O) groups is 1. The highest BCUT2D eigenvalue weighted by Gasteiger charge is 2.17. The number of rotatable bonds is 5. The zero-order valence-corrected chi connectivity index (χ0v) is 17.4. The molecular formula is C21H22BrN3O2. The lowest BCUT2D eigenvalue weighted by Gasteiger charge is -2.12. The van der Waals surface area contributed by atoms with E-state index < -0.39 is 0 Å². The van der Waals surface area contributed by atoms with E-state index in [1.807, 2.05) is 70.3 Å². The van der Waals surface area contributed by atoms with Gasteiger partial charge in [0.2, 0.25) is 0 Å². The second-order valence-corrected chi connectivity index (χ2v) is 7.46. The lowest BCUT2D eigenvalue weighted by Crippen LogP contribution is -2.22. The summed E-state index contributed by atoms with van der Waals surface area (Å²) in [7, 11) is 1.82. The zero-order valence-electron chi connectivity index (χ0n) is 15.8. The summed E-state index contributed by atoms with van der Waals surface area (Å²) in [6, 6.07) is 13.8. The van der Waals surface area contributed by atoms with Crippen LogP contribution in [-0.4, -0.2) is 22.3 Å². The maximum absolute atomic E-state index is 12.5. The van der Waals surface area contributed by atoms with Crippen LogP contribution in [-0.2, 0) is 11.8 Å². The Morgan fingerprint density at radius 1 is 1.15 bits per heavy atom. The molecule has 3 aromatic rings. The number of hydrogen-bond donors (Lipinski definition) is 1. The molecular weight excluding hydrogens is 406 g/mol. The third-order valence-electron chi connectivity index (χ3n) is 4.30. The van der Waals surface area contributed by atoms with Crippen LogP contribution in [0.4, 0.5) is 5.82 Å². The quantitative estimate of drug-likeness (QED) is 0.636. The fraction of sp³-hybridized carbons (Fsp3) is 0.238. The number of nitrogens with one attached hydrogen (secondary N) is 1. The molecule has 1 heterocycles. The number of benzene rings is 2. The molecule has 0 spiro atoms. The molecule has 1 amide bonds. The molecule has 0 aliphatic rings. The standard InChI is InChI=1S/C21H22BrN3O2/c1-13-5-10-18(14(2)11-13)27-12-19(26)23-21-20(15(3)24-25(21)4)16-6-8-17(22)9-7-16/h5-11H,12H2,1-4H3,(H,23,26). The van der Waals surface area contributed by atoms with Gasteiger partial charge in [0, 0.05) is 17.1 Å². The summed E-state index contributed by atoms with van der Waals surface area (Å²) in [4.78, 5) is 12.5. The number of hydrogen-bond acceptors (Lipinski definition) is 3. The molecule has 0 fully saturated rings. The average Bonchev–Trinajstić information content (AvgIpc) is 2.88. The molecule has 0 unspecified atom stereocenters. The highest BCUT2D eigenvalue weighted by Crippen LogP contribution is 2.31. The molecule has 0 aliphatic carbocycles. The summed E-state index contributed by atoms with van der Waals surface area (Å²) in [6.45, 7) is 5.86. The van der Waals surface area contributed by atoms with E-state index in [0.717, 1.165) is 32.4 Å². The van der Waals surface area contributed by atoms with Crippen LogP contribution in [0, 0.1) is 20.8 Å². The van der Waals surface area contributed by atoms with E-state index in [9.17, 15) is 4.79 Å². The van der Waals surface area contributed by atoms with E-state index in [-0.39, 0.29) is 12.5 Å². The van der Waals surface area contributed by atoms with Gasteiger partial charge in [-0.1, -0.05) is 45.8 Å². The molecule has 140 valence electrons. The fourth-order valence-electron chi connectivity index (χ4n) is 3.04. The maximum Gasteiger partial charge on any atom is 0.263 e. The van der Waals surface area contributed by atoms with Crippen molar-refractivity contribution in [1.29, 1.82) is 0 Å². The van der Waals surface area contributed by atoms with Crippen LogP contribution in [0.5, 0.6) is 5.75 Å². The number of carbonyl (C=O) groups excluding carboxylic acids is 1. The second kappa shape index (κ2) is 7.96. The molecule has 3 rings (SSSR count). The van der Waals surface area contributed by atoms with E-state index in [1.165, 1.54) is 0 Å². The molecule has 0 saturated carbocycles. The van der Waals surface area contributed by atoms with Gasteiger partial charge in [0.25, 0.3) is 5.91 Å². The van der Waals surface area contributed by atoms with E-state index >= 15 is 0 Å². The summed E-state index contributed by atoms with van der Waals surface area (Å²) in [5.74, 6) is 1.14. The van der Waals surface area contributed by atoms with Gasteiger partial charge in [0.15, 0.2) is 6.61 Å². The van der Waals surface area contributed by atoms with Gasteiger partial charge < -0.3 is 10.1 Å². The summed E-state index contributed by atoms with van der Waals surface area (Å²) >= 11 is 3.45. The molecule has 27 heavy (non-hydrogen) atoms. The number of aromatic nitrogens is 2. The van der Waals surface area contributed by atoms with Crippen molar-refractivity contribution in [2.75, 3.05) is 11.9 Å². The van der Waals surface area contributed by atoms with Crippen molar-refractivity contribution in [3.05, 3.63) is 63.8 Å². The summed E-state index contributed by atoms with van der Waals surface area (Å²) < 4.78 is 8.37. The van der Waals surface area contributed by atoms with Gasteiger partial charge in [-0.15, -0.1) is 0 Å². The smallest absolute Gasteiger partial charge is 0.263 e. The fourth-order valence-corrected chi connectivity index (χ4v) is 3.30. The minimum Gasteiger partial charge on any atom is -0.483 e. The van der Waals surface area contributed by atoms with E-state index in [1.54, 1.807) is 4.68 Å². The van der Waals surface area contributed by atoms with E-state index in [4.69, 9.17) is 4.74 Å². The van der Waals surface area contributed by atoms with Gasteiger partial charge >= 0.3 is 0 Å². The Morgan fingerprint density at radius 2 is 1.85 bits per heavy atom. The summed E-state index contributed by atoms with van der Waals surface area (Å²) in [5, 5.41) is 7.39. The van der Waals surface area contributed by atoms with Gasteiger partial charge in [-0.05, 0) is 50.1 Å². The maximum atomic E-state index is 12.5. The molecule has 6 heteroatoms. The van der Waals surface area contributed by atoms with Crippen molar-refractivity contribution in [3.8, 4) is 16.9 Å². The van der Waals surface area contributed by atoms with Crippen LogP contribution in [0.15, 0.2) is 46.9 Å². The molecule has 0 bridgehead atoms. The lowest BCUT2D eigenvalue weighted by atomic mass is 10.1. The van der Waals surface area contributed by atoms with Crippen molar-refractivity contribution < 1.29 is 9.53 Å². The van der Waals surface area contributed by atoms with Gasteiger partial charge in [0.05, 0.1) is 5.69 Å². The van der Waals surface area contributed by atoms with Crippen LogP contribution in [0.2, 0.25) is 0 Å². The molecule has 1 aromatic heterocycles. The van der Waals surface area contributed by atoms with Gasteiger partial charge in [-0.25, -0.2) is 0 Å². The van der Waals surface area contributed by atoms with Gasteiger partial charge in [-0.2, -0.15) is 5.10 Å². The minimum atomic E-state index is -0.226. The van der Waals surface area contributed by atoms with Crippen molar-refractivity contribution in [1.82, 2.24) is 9.78 Å². The summed E-state index contributed by atoms with van der Waals surface area (Å²) in [5.41, 5.74) is 4.92. The Morgan fingerprint density at radius 3 is 2.52 bits per heavy atom. The van der Waals surface area contributed by atoms with Crippen molar-refractivity contribution in [2.45, 2.75) is 20.8 Å². The SMILES string of the molecule is Cc1ccc(OCC(=O)Nc2c(-c3ccc(Br)cc3)c(C)nn2C)c(C)c1. The Kier molecular flexibility index (Phi) is 5.65. The first-order chi connectivity index (χ1) is 12.8. The highest BCUT2D eigenvalue weighted by atomic mass is 79.9. The van der Waals surface area contributed by atoms with Crippen LogP contribution >= 0.6 is 15.9 Å². The Balaban J connectivity index is 1.77.